The van der Waals surface area contributed by atoms with E-state index in [1.807, 2.05) is 0 Å². The van der Waals surface area contributed by atoms with Crippen LogP contribution in [0.25, 0.3) is 5.69 Å². The number of rotatable bonds is 6. The molecule has 1 heterocycles. The second-order valence-electron chi connectivity index (χ2n) is 4.88. The minimum atomic E-state index is -0.667. The molecule has 0 saturated heterocycles. The molecule has 1 aromatic carbocycles. The fourth-order valence-electron chi connectivity index (χ4n) is 1.81. The van der Waals surface area contributed by atoms with Gasteiger partial charge in [0.25, 0.3) is 5.69 Å². The molecular weight excluding hydrogens is 316 g/mol. The Morgan fingerprint density at radius 2 is 2.25 bits per heavy atom. The van der Waals surface area contributed by atoms with Crippen LogP contribution >= 0.6 is 0 Å². The van der Waals surface area contributed by atoms with Crippen molar-refractivity contribution in [2.75, 3.05) is 20.7 Å². The quantitative estimate of drug-likeness (QED) is 0.259. The molecule has 0 fully saturated rings. The number of benzene rings is 1. The zero-order valence-electron chi connectivity index (χ0n) is 13.4. The number of aliphatic imine (C=N–C) groups is 1. The van der Waals surface area contributed by atoms with Crippen molar-refractivity contribution in [3.63, 3.8) is 0 Å². The number of carbonyl (C=O) groups is 1. The van der Waals surface area contributed by atoms with Gasteiger partial charge in [0.15, 0.2) is 5.82 Å². The maximum Gasteiger partial charge on any atom is 0.362 e. The van der Waals surface area contributed by atoms with Crippen molar-refractivity contribution in [1.82, 2.24) is 19.9 Å². The van der Waals surface area contributed by atoms with E-state index in [0.717, 1.165) is 0 Å². The average molecular weight is 332 g/mol. The molecule has 10 nitrogen and oxygen atoms in total. The molecular formula is C14H16N6O4. The van der Waals surface area contributed by atoms with E-state index in [9.17, 15) is 14.9 Å². The Balaban J connectivity index is 2.55. The van der Waals surface area contributed by atoms with Crippen LogP contribution in [0.2, 0.25) is 0 Å². The maximum absolute atomic E-state index is 12.0. The second-order valence-corrected chi connectivity index (χ2v) is 4.88. The zero-order valence-corrected chi connectivity index (χ0v) is 13.4. The molecule has 126 valence electrons. The Kier molecular flexibility index (Phi) is 5.20. The summed E-state index contributed by atoms with van der Waals surface area (Å²) >= 11 is 0. The Hall–Kier alpha value is -3.30. The van der Waals surface area contributed by atoms with Gasteiger partial charge in [-0.05, 0) is 13.0 Å². The lowest BCUT2D eigenvalue weighted by molar-refractivity contribution is -0.384. The summed E-state index contributed by atoms with van der Waals surface area (Å²) in [7, 11) is 3.52. The predicted octanol–water partition coefficient (Wildman–Crippen LogP) is 1.57. The van der Waals surface area contributed by atoms with Crippen LogP contribution in [-0.2, 0) is 4.74 Å². The van der Waals surface area contributed by atoms with Crippen LogP contribution in [0.1, 0.15) is 17.4 Å². The largest absolute Gasteiger partial charge is 0.461 e. The number of nitro groups is 1. The average Bonchev–Trinajstić information content (AvgIpc) is 2.97. The highest BCUT2D eigenvalue weighted by Gasteiger charge is 2.22. The highest BCUT2D eigenvalue weighted by Crippen LogP contribution is 2.24. The van der Waals surface area contributed by atoms with E-state index in [4.69, 9.17) is 4.74 Å². The number of ether oxygens (including phenoxy) is 1. The molecule has 0 amide bonds. The van der Waals surface area contributed by atoms with Gasteiger partial charge in [-0.1, -0.05) is 11.3 Å². The van der Waals surface area contributed by atoms with E-state index in [-0.39, 0.29) is 23.8 Å². The third-order valence-electron chi connectivity index (χ3n) is 2.81. The van der Waals surface area contributed by atoms with Gasteiger partial charge in [0.05, 0.1) is 23.6 Å². The molecule has 2 rings (SSSR count). The van der Waals surface area contributed by atoms with E-state index in [1.165, 1.54) is 29.2 Å². The summed E-state index contributed by atoms with van der Waals surface area (Å²) in [5, 5.41) is 18.6. The first-order chi connectivity index (χ1) is 11.4. The molecule has 1 aromatic heterocycles. The predicted molar refractivity (Wildman–Crippen MR) is 85.8 cm³/mol. The molecule has 0 saturated carbocycles. The highest BCUT2D eigenvalue weighted by atomic mass is 16.6. The van der Waals surface area contributed by atoms with E-state index in [1.54, 1.807) is 32.0 Å². The minimum Gasteiger partial charge on any atom is -0.461 e. The summed E-state index contributed by atoms with van der Waals surface area (Å²) in [6, 6.07) is 5.79. The van der Waals surface area contributed by atoms with Crippen molar-refractivity contribution in [3.05, 3.63) is 40.1 Å². The summed E-state index contributed by atoms with van der Waals surface area (Å²) in [4.78, 5) is 28.3. The maximum atomic E-state index is 12.0. The first kappa shape index (κ1) is 17.1. The lowest BCUT2D eigenvalue weighted by Gasteiger charge is -2.06. The number of esters is 1. The van der Waals surface area contributed by atoms with Crippen molar-refractivity contribution in [2.45, 2.75) is 6.92 Å². The van der Waals surface area contributed by atoms with Gasteiger partial charge in [-0.15, -0.1) is 5.10 Å². The zero-order chi connectivity index (χ0) is 17.7. The SMILES string of the molecule is CCOC(=O)c1nnn(-c2cccc([N+](=O)[O-])c2)c1/N=C/N(C)C. The molecule has 0 atom stereocenters. The molecule has 24 heavy (non-hydrogen) atoms. The van der Waals surface area contributed by atoms with E-state index >= 15 is 0 Å². The third-order valence-corrected chi connectivity index (χ3v) is 2.81. The lowest BCUT2D eigenvalue weighted by atomic mass is 10.3. The molecule has 0 unspecified atom stereocenters. The fourth-order valence-corrected chi connectivity index (χ4v) is 1.81. The molecule has 0 aliphatic rings. The van der Waals surface area contributed by atoms with Crippen molar-refractivity contribution < 1.29 is 14.5 Å². The molecule has 0 radical (unpaired) electrons. The summed E-state index contributed by atoms with van der Waals surface area (Å²) in [5.74, 6) is -0.539. The Morgan fingerprint density at radius 1 is 1.50 bits per heavy atom. The number of nitro benzene ring substituents is 1. The summed E-state index contributed by atoms with van der Waals surface area (Å²) in [6.45, 7) is 1.85. The number of non-ortho nitro benzene ring substituents is 1. The van der Waals surface area contributed by atoms with Gasteiger partial charge in [0.1, 0.15) is 0 Å². The smallest absolute Gasteiger partial charge is 0.362 e. The monoisotopic (exact) mass is 332 g/mol. The highest BCUT2D eigenvalue weighted by molar-refractivity contribution is 5.92. The van der Waals surface area contributed by atoms with E-state index in [2.05, 4.69) is 15.3 Å². The number of aromatic nitrogens is 3. The van der Waals surface area contributed by atoms with Crippen LogP contribution in [0.15, 0.2) is 29.3 Å². The van der Waals surface area contributed by atoms with Gasteiger partial charge in [-0.2, -0.15) is 4.68 Å². The van der Waals surface area contributed by atoms with Gasteiger partial charge >= 0.3 is 5.97 Å². The molecule has 10 heteroatoms. The Labute approximate surface area is 137 Å². The van der Waals surface area contributed by atoms with Crippen LogP contribution in [0, 0.1) is 10.1 Å². The standard InChI is InChI=1S/C14H16N6O4/c1-4-24-14(21)12-13(15-9-18(2)3)19(17-16-12)10-6-5-7-11(8-10)20(22)23/h5-9H,4H2,1-3H3/b15-9+. The van der Waals surface area contributed by atoms with E-state index in [0.29, 0.717) is 5.69 Å². The first-order valence-corrected chi connectivity index (χ1v) is 7.02. The van der Waals surface area contributed by atoms with Crippen molar-refractivity contribution in [1.29, 1.82) is 0 Å². The van der Waals surface area contributed by atoms with Gasteiger partial charge in [-0.25, -0.2) is 9.79 Å². The Bertz CT molecular complexity index is 783. The third kappa shape index (κ3) is 3.72. The summed E-state index contributed by atoms with van der Waals surface area (Å²) in [6.07, 6.45) is 1.47. The normalized spacial score (nSPS) is 10.8. The summed E-state index contributed by atoms with van der Waals surface area (Å²) < 4.78 is 6.19. The van der Waals surface area contributed by atoms with E-state index < -0.39 is 10.9 Å². The number of nitrogens with zero attached hydrogens (tertiary/aromatic N) is 6. The van der Waals surface area contributed by atoms with Gasteiger partial charge in [-0.3, -0.25) is 10.1 Å². The number of hydrogen-bond donors (Lipinski definition) is 0. The van der Waals surface area contributed by atoms with Crippen molar-refractivity contribution in [3.8, 4) is 5.69 Å². The first-order valence-electron chi connectivity index (χ1n) is 7.02. The molecule has 0 aliphatic heterocycles. The van der Waals surface area contributed by atoms with Crippen LogP contribution in [-0.4, -0.2) is 57.8 Å². The molecule has 2 aromatic rings. The van der Waals surface area contributed by atoms with Crippen LogP contribution in [0.3, 0.4) is 0 Å². The summed E-state index contributed by atoms with van der Waals surface area (Å²) in [5.41, 5.74) is 0.183. The minimum absolute atomic E-state index is 0.0681. The van der Waals surface area contributed by atoms with Crippen LogP contribution < -0.4 is 0 Å². The van der Waals surface area contributed by atoms with Gasteiger partial charge in [0, 0.05) is 26.2 Å². The number of hydrogen-bond acceptors (Lipinski definition) is 7. The second kappa shape index (κ2) is 7.31. The van der Waals surface area contributed by atoms with Crippen LogP contribution in [0.5, 0.6) is 0 Å². The topological polar surface area (TPSA) is 116 Å². The van der Waals surface area contributed by atoms with Crippen molar-refractivity contribution in [2.24, 2.45) is 4.99 Å². The fraction of sp³-hybridized carbons (Fsp3) is 0.286. The molecule has 0 bridgehead atoms. The van der Waals surface area contributed by atoms with Gasteiger partial charge < -0.3 is 9.64 Å². The molecule has 0 aliphatic carbocycles. The Morgan fingerprint density at radius 3 is 2.88 bits per heavy atom. The van der Waals surface area contributed by atoms with Crippen molar-refractivity contribution >= 4 is 23.8 Å². The number of carbonyl (C=O) groups excluding carboxylic acids is 1. The lowest BCUT2D eigenvalue weighted by Crippen LogP contribution is -2.09. The van der Waals surface area contributed by atoms with Crippen LogP contribution in [0.4, 0.5) is 11.5 Å². The molecule has 0 N–H and O–H groups in total. The van der Waals surface area contributed by atoms with Gasteiger partial charge in [0.2, 0.25) is 5.69 Å². The molecule has 0 spiro atoms.